The molecule has 0 saturated heterocycles. The van der Waals surface area contributed by atoms with E-state index in [-0.39, 0.29) is 12.6 Å². The summed E-state index contributed by atoms with van der Waals surface area (Å²) < 4.78 is 40.1. The Morgan fingerprint density at radius 3 is 2.62 bits per heavy atom. The van der Waals surface area contributed by atoms with Gasteiger partial charge in [0.05, 0.1) is 6.61 Å². The van der Waals surface area contributed by atoms with E-state index < -0.39 is 12.8 Å². The van der Waals surface area contributed by atoms with Gasteiger partial charge in [-0.1, -0.05) is 6.92 Å². The van der Waals surface area contributed by atoms with Crippen LogP contribution >= 0.6 is 0 Å². The molecule has 94 valence electrons. The zero-order valence-corrected chi connectivity index (χ0v) is 9.44. The van der Waals surface area contributed by atoms with Gasteiger partial charge in [-0.05, 0) is 19.4 Å². The fourth-order valence-corrected chi connectivity index (χ4v) is 1.17. The third-order valence-corrected chi connectivity index (χ3v) is 1.90. The maximum Gasteiger partial charge on any atom is 0.411 e. The second-order valence-electron chi connectivity index (χ2n) is 3.52. The van der Waals surface area contributed by atoms with Crippen LogP contribution in [0.2, 0.25) is 0 Å². The summed E-state index contributed by atoms with van der Waals surface area (Å²) in [5.74, 6) is 2.46. The molecule has 0 bridgehead atoms. The monoisotopic (exact) mass is 237 g/mol. The van der Waals surface area contributed by atoms with Gasteiger partial charge in [0, 0.05) is 12.5 Å². The van der Waals surface area contributed by atoms with Crippen molar-refractivity contribution >= 4 is 0 Å². The molecule has 0 amide bonds. The van der Waals surface area contributed by atoms with Crippen molar-refractivity contribution in [1.29, 1.82) is 0 Å². The fraction of sp³-hybridized carbons (Fsp3) is 0.818. The molecule has 0 aliphatic carbocycles. The molecule has 1 atom stereocenters. The number of terminal acetylenes is 1. The predicted octanol–water partition coefficient (Wildman–Crippen LogP) is 2.35. The van der Waals surface area contributed by atoms with Crippen molar-refractivity contribution in [3.05, 3.63) is 0 Å². The molecular formula is C11H18F3NO. The van der Waals surface area contributed by atoms with Crippen molar-refractivity contribution < 1.29 is 17.9 Å². The van der Waals surface area contributed by atoms with Crippen molar-refractivity contribution in [2.45, 2.75) is 38.4 Å². The van der Waals surface area contributed by atoms with Crippen molar-refractivity contribution in [3.8, 4) is 12.3 Å². The standard InChI is InChI=1S/C11H18F3NO/c1-3-5-6-10(15-7-4-2)8-16-9-11(12,13)14/h1,10,15H,4-9H2,2H3. The number of nitrogens with one attached hydrogen (secondary N) is 1. The number of halogens is 3. The summed E-state index contributed by atoms with van der Waals surface area (Å²) in [4.78, 5) is 0. The third kappa shape index (κ3) is 9.81. The van der Waals surface area contributed by atoms with Crippen molar-refractivity contribution in [1.82, 2.24) is 5.32 Å². The Bertz CT molecular complexity index is 210. The summed E-state index contributed by atoms with van der Waals surface area (Å²) in [7, 11) is 0. The molecule has 0 fully saturated rings. The Kier molecular flexibility index (Phi) is 8.04. The molecule has 16 heavy (non-hydrogen) atoms. The average Bonchev–Trinajstić information content (AvgIpc) is 2.19. The maximum atomic E-state index is 11.8. The first kappa shape index (κ1) is 15.3. The maximum absolute atomic E-state index is 11.8. The highest BCUT2D eigenvalue weighted by Gasteiger charge is 2.27. The lowest BCUT2D eigenvalue weighted by Crippen LogP contribution is -2.35. The van der Waals surface area contributed by atoms with Crippen molar-refractivity contribution in [2.75, 3.05) is 19.8 Å². The lowest BCUT2D eigenvalue weighted by molar-refractivity contribution is -0.175. The van der Waals surface area contributed by atoms with Crippen LogP contribution in [0.1, 0.15) is 26.2 Å². The second kappa shape index (κ2) is 8.43. The molecule has 0 aliphatic rings. The number of hydrogen-bond acceptors (Lipinski definition) is 2. The van der Waals surface area contributed by atoms with E-state index in [1.54, 1.807) is 0 Å². The topological polar surface area (TPSA) is 21.3 Å². The highest BCUT2D eigenvalue weighted by Crippen LogP contribution is 2.14. The summed E-state index contributed by atoms with van der Waals surface area (Å²) in [5.41, 5.74) is 0. The first-order chi connectivity index (χ1) is 7.49. The van der Waals surface area contributed by atoms with Crippen LogP contribution in [0.4, 0.5) is 13.2 Å². The fourth-order valence-electron chi connectivity index (χ4n) is 1.17. The van der Waals surface area contributed by atoms with Gasteiger partial charge in [-0.3, -0.25) is 0 Å². The summed E-state index contributed by atoms with van der Waals surface area (Å²) in [5, 5.41) is 3.10. The van der Waals surface area contributed by atoms with Crippen molar-refractivity contribution in [2.24, 2.45) is 0 Å². The lowest BCUT2D eigenvalue weighted by Gasteiger charge is -2.18. The normalized spacial score (nSPS) is 13.4. The number of rotatable bonds is 8. The first-order valence-electron chi connectivity index (χ1n) is 5.31. The molecule has 0 aliphatic heterocycles. The minimum Gasteiger partial charge on any atom is -0.370 e. The van der Waals surface area contributed by atoms with E-state index in [4.69, 9.17) is 6.42 Å². The summed E-state index contributed by atoms with van der Waals surface area (Å²) in [6.07, 6.45) is 2.94. The van der Waals surface area contributed by atoms with Gasteiger partial charge in [0.2, 0.25) is 0 Å². The van der Waals surface area contributed by atoms with Gasteiger partial charge < -0.3 is 10.1 Å². The van der Waals surface area contributed by atoms with Crippen LogP contribution in [0.3, 0.4) is 0 Å². The van der Waals surface area contributed by atoms with Crippen LogP contribution in [0.25, 0.3) is 0 Å². The zero-order chi connectivity index (χ0) is 12.4. The quantitative estimate of drug-likeness (QED) is 0.654. The van der Waals surface area contributed by atoms with Gasteiger partial charge in [-0.2, -0.15) is 13.2 Å². The SMILES string of the molecule is C#CCCC(COCC(F)(F)F)NCCC. The van der Waals surface area contributed by atoms with E-state index in [0.29, 0.717) is 12.8 Å². The second-order valence-corrected chi connectivity index (χ2v) is 3.52. The van der Waals surface area contributed by atoms with Gasteiger partial charge in [-0.15, -0.1) is 12.3 Å². The molecule has 0 aromatic rings. The van der Waals surface area contributed by atoms with E-state index in [9.17, 15) is 13.2 Å². The number of alkyl halides is 3. The Labute approximate surface area is 94.5 Å². The van der Waals surface area contributed by atoms with Crippen molar-refractivity contribution in [3.63, 3.8) is 0 Å². The summed E-state index contributed by atoms with van der Waals surface area (Å²) in [6, 6.07) is -0.0988. The van der Waals surface area contributed by atoms with E-state index in [1.807, 2.05) is 6.92 Å². The molecule has 1 unspecified atom stereocenters. The molecule has 2 nitrogen and oxygen atoms in total. The van der Waals surface area contributed by atoms with Crippen LogP contribution in [0, 0.1) is 12.3 Å². The van der Waals surface area contributed by atoms with Crippen LogP contribution in [-0.4, -0.2) is 32.0 Å². The minimum absolute atomic E-state index is 0.0428. The Morgan fingerprint density at radius 2 is 2.12 bits per heavy atom. The number of hydrogen-bond donors (Lipinski definition) is 1. The minimum atomic E-state index is -4.26. The average molecular weight is 237 g/mol. The Balaban J connectivity index is 3.78. The van der Waals surface area contributed by atoms with Gasteiger partial charge in [-0.25, -0.2) is 0 Å². The van der Waals surface area contributed by atoms with Gasteiger partial charge in [0.15, 0.2) is 0 Å². The third-order valence-electron chi connectivity index (χ3n) is 1.90. The molecule has 0 radical (unpaired) electrons. The molecule has 1 N–H and O–H groups in total. The molecule has 0 spiro atoms. The van der Waals surface area contributed by atoms with E-state index in [2.05, 4.69) is 16.0 Å². The summed E-state index contributed by atoms with van der Waals surface area (Å²) >= 11 is 0. The van der Waals surface area contributed by atoms with Gasteiger partial charge in [0.1, 0.15) is 6.61 Å². The highest BCUT2D eigenvalue weighted by molar-refractivity contribution is 4.85. The van der Waals surface area contributed by atoms with Gasteiger partial charge in [0.25, 0.3) is 0 Å². The van der Waals surface area contributed by atoms with E-state index in [0.717, 1.165) is 13.0 Å². The molecular weight excluding hydrogens is 219 g/mol. The largest absolute Gasteiger partial charge is 0.411 e. The van der Waals surface area contributed by atoms with Crippen LogP contribution in [0.5, 0.6) is 0 Å². The van der Waals surface area contributed by atoms with Gasteiger partial charge >= 0.3 is 6.18 Å². The van der Waals surface area contributed by atoms with E-state index in [1.165, 1.54) is 0 Å². The molecule has 0 aromatic carbocycles. The summed E-state index contributed by atoms with van der Waals surface area (Å²) in [6.45, 7) is 1.58. The Hall–Kier alpha value is -0.730. The molecule has 5 heteroatoms. The predicted molar refractivity (Wildman–Crippen MR) is 57.0 cm³/mol. The zero-order valence-electron chi connectivity index (χ0n) is 9.44. The first-order valence-corrected chi connectivity index (χ1v) is 5.31. The van der Waals surface area contributed by atoms with E-state index >= 15 is 0 Å². The molecule has 0 heterocycles. The number of ether oxygens (including phenoxy) is 1. The smallest absolute Gasteiger partial charge is 0.370 e. The van der Waals surface area contributed by atoms with Crippen LogP contribution < -0.4 is 5.32 Å². The molecule has 0 saturated carbocycles. The van der Waals surface area contributed by atoms with Crippen LogP contribution in [0.15, 0.2) is 0 Å². The molecule has 0 aromatic heterocycles. The molecule has 0 rings (SSSR count). The lowest BCUT2D eigenvalue weighted by atomic mass is 10.1. The van der Waals surface area contributed by atoms with Crippen LogP contribution in [-0.2, 0) is 4.74 Å². The highest BCUT2D eigenvalue weighted by atomic mass is 19.4. The Morgan fingerprint density at radius 1 is 1.44 bits per heavy atom.